The molecular formula is C17H14F2N2S. The number of hydrogen-bond acceptors (Lipinski definition) is 3. The van der Waals surface area contributed by atoms with Crippen LogP contribution >= 0.6 is 11.8 Å². The molecule has 2 nitrogen and oxygen atoms in total. The van der Waals surface area contributed by atoms with Crippen molar-refractivity contribution in [3.8, 4) is 0 Å². The van der Waals surface area contributed by atoms with Crippen LogP contribution in [0.2, 0.25) is 0 Å². The van der Waals surface area contributed by atoms with Crippen LogP contribution in [0.5, 0.6) is 0 Å². The molecule has 22 heavy (non-hydrogen) atoms. The maximum Gasteiger partial charge on any atom is 0.168 e. The summed E-state index contributed by atoms with van der Waals surface area (Å²) in [6, 6.07) is 7.83. The van der Waals surface area contributed by atoms with E-state index >= 15 is 0 Å². The largest absolute Gasteiger partial charge is 0.318 e. The first kappa shape index (κ1) is 13.8. The summed E-state index contributed by atoms with van der Waals surface area (Å²) in [5.41, 5.74) is 1.94. The summed E-state index contributed by atoms with van der Waals surface area (Å²) in [4.78, 5) is 7.87. The molecule has 112 valence electrons. The highest BCUT2D eigenvalue weighted by atomic mass is 32.2. The Labute approximate surface area is 131 Å². The molecule has 0 N–H and O–H groups in total. The zero-order valence-corrected chi connectivity index (χ0v) is 12.9. The predicted octanol–water partition coefficient (Wildman–Crippen LogP) is 4.62. The van der Waals surface area contributed by atoms with Crippen molar-refractivity contribution in [2.24, 2.45) is 4.99 Å². The average molecular weight is 316 g/mol. The highest BCUT2D eigenvalue weighted by Crippen LogP contribution is 2.45. The Bertz CT molecular complexity index is 834. The molecule has 2 aliphatic heterocycles. The number of aliphatic imine (C=N–C) groups is 1. The van der Waals surface area contributed by atoms with Crippen molar-refractivity contribution in [1.82, 2.24) is 4.90 Å². The van der Waals surface area contributed by atoms with Crippen molar-refractivity contribution in [2.75, 3.05) is 13.1 Å². The number of allylic oxidation sites excluding steroid dienone is 1. The van der Waals surface area contributed by atoms with Gasteiger partial charge in [-0.1, -0.05) is 30.8 Å². The van der Waals surface area contributed by atoms with Gasteiger partial charge in [-0.15, -0.1) is 0 Å². The highest BCUT2D eigenvalue weighted by molar-refractivity contribution is 8.17. The summed E-state index contributed by atoms with van der Waals surface area (Å²) in [5, 5.41) is 1.69. The fraction of sp³-hybridized carbons (Fsp3) is 0.235. The number of nitrogens with zero attached hydrogens (tertiary/aromatic N) is 2. The number of thioether (sulfide) groups is 1. The summed E-state index contributed by atoms with van der Waals surface area (Å²) in [7, 11) is 0. The highest BCUT2D eigenvalue weighted by Gasteiger charge is 2.33. The van der Waals surface area contributed by atoms with E-state index in [1.807, 2.05) is 0 Å². The third-order valence-corrected chi connectivity index (χ3v) is 5.33. The Kier molecular flexibility index (Phi) is 3.18. The molecule has 4 rings (SSSR count). The van der Waals surface area contributed by atoms with E-state index in [-0.39, 0.29) is 5.39 Å². The van der Waals surface area contributed by atoms with E-state index in [4.69, 9.17) is 0 Å². The molecule has 0 unspecified atom stereocenters. The summed E-state index contributed by atoms with van der Waals surface area (Å²) >= 11 is 1.67. The van der Waals surface area contributed by atoms with E-state index in [2.05, 4.69) is 16.8 Å². The second-order valence-corrected chi connectivity index (χ2v) is 6.36. The first-order chi connectivity index (χ1) is 10.7. The van der Waals surface area contributed by atoms with Crippen LogP contribution in [-0.4, -0.2) is 23.2 Å². The number of fused-ring (bicyclic) bond motifs is 2. The average Bonchev–Trinajstić information content (AvgIpc) is 3.08. The second kappa shape index (κ2) is 5.09. The first-order valence-electron chi connectivity index (χ1n) is 7.30. The number of hydrogen-bond donors (Lipinski definition) is 0. The molecule has 0 aromatic heterocycles. The zero-order valence-electron chi connectivity index (χ0n) is 12.1. The Hall–Kier alpha value is -1.88. The molecule has 2 aliphatic rings. The van der Waals surface area contributed by atoms with Gasteiger partial charge in [-0.3, -0.25) is 4.99 Å². The van der Waals surface area contributed by atoms with E-state index in [9.17, 15) is 8.78 Å². The lowest BCUT2D eigenvalue weighted by Gasteiger charge is -2.19. The minimum atomic E-state index is -0.517. The second-order valence-electron chi connectivity index (χ2n) is 5.30. The van der Waals surface area contributed by atoms with Gasteiger partial charge in [-0.2, -0.15) is 0 Å². The molecule has 0 saturated carbocycles. The van der Waals surface area contributed by atoms with Crippen molar-refractivity contribution in [3.63, 3.8) is 0 Å². The zero-order chi connectivity index (χ0) is 15.3. The standard InChI is InChI=1S/C17H14F2N2S/c1-2-14-16(21-9-8-20-17(21)22-14)11-6-7-13(19)15-10(11)4-3-5-12(15)18/h3-7H,2,8-9H2,1H3. The third-order valence-electron chi connectivity index (χ3n) is 4.07. The van der Waals surface area contributed by atoms with Crippen LogP contribution in [0.25, 0.3) is 16.5 Å². The lowest BCUT2D eigenvalue weighted by molar-refractivity contribution is 0.607. The van der Waals surface area contributed by atoms with Crippen molar-refractivity contribution in [1.29, 1.82) is 0 Å². The van der Waals surface area contributed by atoms with E-state index in [0.717, 1.165) is 35.9 Å². The van der Waals surface area contributed by atoms with Gasteiger partial charge in [-0.25, -0.2) is 8.78 Å². The van der Waals surface area contributed by atoms with Gasteiger partial charge in [0, 0.05) is 17.0 Å². The molecule has 0 amide bonds. The Balaban J connectivity index is 2.00. The monoisotopic (exact) mass is 316 g/mol. The summed E-state index contributed by atoms with van der Waals surface area (Å²) in [6.07, 6.45) is 0.879. The fourth-order valence-electron chi connectivity index (χ4n) is 3.09. The van der Waals surface area contributed by atoms with Crippen LogP contribution in [0.3, 0.4) is 0 Å². The summed E-state index contributed by atoms with van der Waals surface area (Å²) in [5.74, 6) is -1.03. The van der Waals surface area contributed by atoms with E-state index in [0.29, 0.717) is 5.39 Å². The molecule has 0 atom stereocenters. The smallest absolute Gasteiger partial charge is 0.168 e. The molecule has 2 heterocycles. The van der Waals surface area contributed by atoms with Crippen LogP contribution in [0.1, 0.15) is 18.9 Å². The maximum absolute atomic E-state index is 14.1. The van der Waals surface area contributed by atoms with Crippen molar-refractivity contribution in [3.05, 3.63) is 52.4 Å². The summed E-state index contributed by atoms with van der Waals surface area (Å²) < 4.78 is 28.1. The minimum absolute atomic E-state index is 0.0672. The third kappa shape index (κ3) is 1.88. The molecule has 5 heteroatoms. The summed E-state index contributed by atoms with van der Waals surface area (Å²) in [6.45, 7) is 3.70. The molecular weight excluding hydrogens is 302 g/mol. The lowest BCUT2D eigenvalue weighted by atomic mass is 10.00. The molecule has 0 radical (unpaired) electrons. The van der Waals surface area contributed by atoms with Crippen LogP contribution in [0, 0.1) is 11.6 Å². The molecule has 0 aliphatic carbocycles. The quantitative estimate of drug-likeness (QED) is 0.803. The lowest BCUT2D eigenvalue weighted by Crippen LogP contribution is -2.20. The molecule has 0 bridgehead atoms. The van der Waals surface area contributed by atoms with E-state index < -0.39 is 11.6 Å². The minimum Gasteiger partial charge on any atom is -0.318 e. The van der Waals surface area contributed by atoms with Gasteiger partial charge < -0.3 is 4.90 Å². The van der Waals surface area contributed by atoms with E-state index in [1.165, 1.54) is 17.0 Å². The van der Waals surface area contributed by atoms with Gasteiger partial charge in [0.15, 0.2) is 5.17 Å². The molecule has 2 aromatic carbocycles. The predicted molar refractivity (Wildman–Crippen MR) is 87.7 cm³/mol. The van der Waals surface area contributed by atoms with Crippen molar-refractivity contribution >= 4 is 33.4 Å². The van der Waals surface area contributed by atoms with Crippen molar-refractivity contribution in [2.45, 2.75) is 13.3 Å². The van der Waals surface area contributed by atoms with Crippen LogP contribution in [-0.2, 0) is 0 Å². The van der Waals surface area contributed by atoms with Gasteiger partial charge >= 0.3 is 0 Å². The van der Waals surface area contributed by atoms with Gasteiger partial charge in [0.05, 0.1) is 17.6 Å². The number of rotatable bonds is 2. The Morgan fingerprint density at radius 1 is 1.18 bits per heavy atom. The Morgan fingerprint density at radius 3 is 2.82 bits per heavy atom. The van der Waals surface area contributed by atoms with E-state index in [1.54, 1.807) is 30.0 Å². The van der Waals surface area contributed by atoms with Crippen LogP contribution in [0.4, 0.5) is 8.78 Å². The molecule has 0 spiro atoms. The Morgan fingerprint density at radius 2 is 2.00 bits per heavy atom. The molecule has 0 saturated heterocycles. The topological polar surface area (TPSA) is 15.6 Å². The van der Waals surface area contributed by atoms with Crippen molar-refractivity contribution < 1.29 is 8.78 Å². The normalized spacial score (nSPS) is 17.4. The van der Waals surface area contributed by atoms with Gasteiger partial charge in [0.1, 0.15) is 11.6 Å². The number of benzene rings is 2. The molecule has 0 fully saturated rings. The molecule has 2 aromatic rings. The first-order valence-corrected chi connectivity index (χ1v) is 8.12. The SMILES string of the molecule is CCC1=C(c2ccc(F)c3c(F)cccc23)N2CCN=C2S1. The van der Waals surface area contributed by atoms with Crippen LogP contribution in [0.15, 0.2) is 40.2 Å². The van der Waals surface area contributed by atoms with Gasteiger partial charge in [0.2, 0.25) is 0 Å². The fourth-order valence-corrected chi connectivity index (χ4v) is 4.22. The van der Waals surface area contributed by atoms with Gasteiger partial charge in [-0.05, 0) is 30.0 Å². The maximum atomic E-state index is 14.1. The number of halogens is 2. The van der Waals surface area contributed by atoms with Gasteiger partial charge in [0.25, 0.3) is 0 Å². The number of amidine groups is 1. The van der Waals surface area contributed by atoms with Crippen LogP contribution < -0.4 is 0 Å².